The monoisotopic (exact) mass is 434 g/mol. The first-order chi connectivity index (χ1) is 15.4. The number of nitrogens with one attached hydrogen (secondary N) is 3. The largest absolute Gasteiger partial charge is 0.335 e. The first-order valence-electron chi connectivity index (χ1n) is 11.2. The average Bonchev–Trinajstić information content (AvgIpc) is 3.57. The molecule has 1 aliphatic carbocycles. The predicted octanol–water partition coefficient (Wildman–Crippen LogP) is 3.91. The van der Waals surface area contributed by atoms with Gasteiger partial charge in [0.1, 0.15) is 6.04 Å². The molecule has 7 nitrogen and oxygen atoms in total. The fourth-order valence-electron chi connectivity index (χ4n) is 3.93. The lowest BCUT2D eigenvalue weighted by Gasteiger charge is -2.36. The average molecular weight is 435 g/mol. The van der Waals surface area contributed by atoms with Crippen molar-refractivity contribution in [2.24, 2.45) is 5.92 Å². The summed E-state index contributed by atoms with van der Waals surface area (Å²) in [7, 11) is 0. The number of anilines is 2. The Kier molecular flexibility index (Phi) is 6.44. The summed E-state index contributed by atoms with van der Waals surface area (Å²) in [6, 6.07) is 14.5. The maximum atomic E-state index is 13.2. The Labute approximate surface area is 188 Å². The van der Waals surface area contributed by atoms with E-state index in [-0.39, 0.29) is 29.8 Å². The molecule has 1 unspecified atom stereocenters. The summed E-state index contributed by atoms with van der Waals surface area (Å²) in [5.41, 5.74) is 3.47. The van der Waals surface area contributed by atoms with E-state index < -0.39 is 6.04 Å². The fraction of sp³-hybridized carbons (Fsp3) is 0.400. The van der Waals surface area contributed by atoms with Gasteiger partial charge >= 0.3 is 6.03 Å². The van der Waals surface area contributed by atoms with Crippen molar-refractivity contribution < 1.29 is 14.4 Å². The van der Waals surface area contributed by atoms with Crippen molar-refractivity contribution in [1.29, 1.82) is 0 Å². The molecule has 2 aromatic rings. The molecule has 32 heavy (non-hydrogen) atoms. The van der Waals surface area contributed by atoms with Gasteiger partial charge in [-0.2, -0.15) is 0 Å². The molecule has 1 fully saturated rings. The molecule has 2 aromatic carbocycles. The Hall–Kier alpha value is -3.35. The zero-order chi connectivity index (χ0) is 22.7. The van der Waals surface area contributed by atoms with E-state index in [9.17, 15) is 14.4 Å². The van der Waals surface area contributed by atoms with Crippen LogP contribution in [0.3, 0.4) is 0 Å². The van der Waals surface area contributed by atoms with Crippen molar-refractivity contribution in [2.75, 3.05) is 10.6 Å². The van der Waals surface area contributed by atoms with Crippen molar-refractivity contribution in [3.63, 3.8) is 0 Å². The Morgan fingerprint density at radius 2 is 1.56 bits per heavy atom. The molecular weight excluding hydrogens is 404 g/mol. The molecule has 3 N–H and O–H groups in total. The van der Waals surface area contributed by atoms with Crippen LogP contribution in [0, 0.1) is 5.92 Å². The minimum Gasteiger partial charge on any atom is -0.335 e. The summed E-state index contributed by atoms with van der Waals surface area (Å²) in [6.07, 6.45) is 2.96. The van der Waals surface area contributed by atoms with Crippen LogP contribution < -0.4 is 16.0 Å². The fourth-order valence-corrected chi connectivity index (χ4v) is 3.93. The molecule has 0 bridgehead atoms. The molecule has 4 amide bonds. The van der Waals surface area contributed by atoms with Crippen molar-refractivity contribution in [3.8, 4) is 0 Å². The molecule has 2 aliphatic rings. The molecular formula is C25H30N4O3. The second kappa shape index (κ2) is 9.42. The number of hydrogen-bond donors (Lipinski definition) is 3. The first-order valence-corrected chi connectivity index (χ1v) is 11.2. The first kappa shape index (κ1) is 21.9. The van der Waals surface area contributed by atoms with Gasteiger partial charge in [-0.15, -0.1) is 0 Å². The molecule has 0 spiro atoms. The van der Waals surface area contributed by atoms with Gasteiger partial charge in [-0.3, -0.25) is 9.59 Å². The number of hydrogen-bond acceptors (Lipinski definition) is 3. The third kappa shape index (κ3) is 5.46. The normalized spacial score (nSPS) is 17.5. The van der Waals surface area contributed by atoms with Gasteiger partial charge in [-0.25, -0.2) is 4.79 Å². The number of nitrogens with zero attached hydrogens (tertiary/aromatic N) is 1. The van der Waals surface area contributed by atoms with E-state index in [0.717, 1.165) is 24.0 Å². The number of urea groups is 1. The standard InChI is InChI=1S/C25H30N4O3/c1-16(2)13-23(30)29-15-18-6-4-3-5-17(18)14-22(29)24(31)26-19-7-9-20(10-8-19)27-25(32)28-21-11-12-21/h3-10,16,21-22H,11-15H2,1-2H3,(H,26,31)(H2,27,28,32). The number of rotatable bonds is 6. The van der Waals surface area contributed by atoms with E-state index in [2.05, 4.69) is 16.0 Å². The SMILES string of the molecule is CC(C)CC(=O)N1Cc2ccccc2CC1C(=O)Nc1ccc(NC(=O)NC2CC2)cc1. The van der Waals surface area contributed by atoms with Crippen LogP contribution in [0.5, 0.6) is 0 Å². The number of carbonyl (C=O) groups is 3. The van der Waals surface area contributed by atoms with E-state index in [1.54, 1.807) is 29.2 Å². The topological polar surface area (TPSA) is 90.5 Å². The summed E-state index contributed by atoms with van der Waals surface area (Å²) in [4.78, 5) is 39.7. The molecule has 1 atom stereocenters. The van der Waals surface area contributed by atoms with Gasteiger partial charge in [0.25, 0.3) is 0 Å². The lowest BCUT2D eigenvalue weighted by molar-refractivity contribution is -0.140. The molecule has 4 rings (SSSR count). The molecule has 1 heterocycles. The van der Waals surface area contributed by atoms with Crippen molar-refractivity contribution in [3.05, 3.63) is 59.7 Å². The zero-order valence-electron chi connectivity index (χ0n) is 18.6. The van der Waals surface area contributed by atoms with Crippen molar-refractivity contribution >= 4 is 29.2 Å². The summed E-state index contributed by atoms with van der Waals surface area (Å²) < 4.78 is 0. The summed E-state index contributed by atoms with van der Waals surface area (Å²) in [6.45, 7) is 4.45. The number of amides is 4. The lowest BCUT2D eigenvalue weighted by Crippen LogP contribution is -2.50. The van der Waals surface area contributed by atoms with E-state index in [4.69, 9.17) is 0 Å². The molecule has 0 radical (unpaired) electrons. The molecule has 168 valence electrons. The van der Waals surface area contributed by atoms with E-state index in [0.29, 0.717) is 30.8 Å². The Morgan fingerprint density at radius 1 is 0.938 bits per heavy atom. The summed E-state index contributed by atoms with van der Waals surface area (Å²) >= 11 is 0. The van der Waals surface area contributed by atoms with Gasteiger partial charge in [0.15, 0.2) is 0 Å². The predicted molar refractivity (Wildman–Crippen MR) is 124 cm³/mol. The van der Waals surface area contributed by atoms with Gasteiger partial charge in [-0.05, 0) is 54.2 Å². The van der Waals surface area contributed by atoms with Crippen molar-refractivity contribution in [1.82, 2.24) is 10.2 Å². The van der Waals surface area contributed by atoms with Gasteiger partial charge in [0.2, 0.25) is 11.8 Å². The van der Waals surface area contributed by atoms with Crippen LogP contribution >= 0.6 is 0 Å². The quantitative estimate of drug-likeness (QED) is 0.644. The molecule has 7 heteroatoms. The number of benzene rings is 2. The van der Waals surface area contributed by atoms with Gasteiger partial charge in [-0.1, -0.05) is 38.1 Å². The van der Waals surface area contributed by atoms with E-state index in [1.807, 2.05) is 38.1 Å². The van der Waals surface area contributed by atoms with Crippen molar-refractivity contribution in [2.45, 2.75) is 58.2 Å². The highest BCUT2D eigenvalue weighted by atomic mass is 16.2. The third-order valence-corrected chi connectivity index (χ3v) is 5.78. The van der Waals surface area contributed by atoms with E-state index in [1.165, 1.54) is 0 Å². The highest BCUT2D eigenvalue weighted by molar-refractivity contribution is 5.98. The van der Waals surface area contributed by atoms with Crippen LogP contribution in [0.25, 0.3) is 0 Å². The number of carbonyl (C=O) groups excluding carboxylic acids is 3. The van der Waals surface area contributed by atoms with Gasteiger partial charge in [0.05, 0.1) is 0 Å². The summed E-state index contributed by atoms with van der Waals surface area (Å²) in [5, 5.41) is 8.61. The molecule has 0 aromatic heterocycles. The lowest BCUT2D eigenvalue weighted by atomic mass is 9.92. The van der Waals surface area contributed by atoms with Gasteiger partial charge in [0, 0.05) is 36.8 Å². The van der Waals surface area contributed by atoms with E-state index >= 15 is 0 Å². The Morgan fingerprint density at radius 3 is 2.19 bits per heavy atom. The second-order valence-electron chi connectivity index (χ2n) is 9.05. The molecule has 0 saturated heterocycles. The number of fused-ring (bicyclic) bond motifs is 1. The Bertz CT molecular complexity index is 999. The maximum absolute atomic E-state index is 13.2. The van der Waals surface area contributed by atoms with Gasteiger partial charge < -0.3 is 20.9 Å². The second-order valence-corrected chi connectivity index (χ2v) is 9.05. The van der Waals surface area contributed by atoms with Crippen LogP contribution in [0.15, 0.2) is 48.5 Å². The maximum Gasteiger partial charge on any atom is 0.319 e. The van der Waals surface area contributed by atoms with Crippen LogP contribution in [0.1, 0.15) is 44.2 Å². The highest BCUT2D eigenvalue weighted by Crippen LogP contribution is 2.26. The minimum atomic E-state index is -0.557. The molecule has 1 saturated carbocycles. The van der Waals surface area contributed by atoms with Crippen LogP contribution in [-0.4, -0.2) is 34.8 Å². The van der Waals surface area contributed by atoms with Crippen LogP contribution in [-0.2, 0) is 22.6 Å². The summed E-state index contributed by atoms with van der Waals surface area (Å²) in [5.74, 6) is 0.0141. The Balaban J connectivity index is 1.43. The minimum absolute atomic E-state index is 0.00382. The smallest absolute Gasteiger partial charge is 0.319 e. The molecule has 1 aliphatic heterocycles. The van der Waals surface area contributed by atoms with Crippen LogP contribution in [0.4, 0.5) is 16.2 Å². The zero-order valence-corrected chi connectivity index (χ0v) is 18.6. The highest BCUT2D eigenvalue weighted by Gasteiger charge is 2.34. The third-order valence-electron chi connectivity index (χ3n) is 5.78. The van der Waals surface area contributed by atoms with Crippen LogP contribution in [0.2, 0.25) is 0 Å².